The van der Waals surface area contributed by atoms with Crippen LogP contribution in [0.25, 0.3) is 10.9 Å². The fraction of sp³-hybridized carbons (Fsp3) is 0.105. The summed E-state index contributed by atoms with van der Waals surface area (Å²) in [5, 5.41) is 4.61. The van der Waals surface area contributed by atoms with Crippen LogP contribution in [0.2, 0.25) is 0 Å². The van der Waals surface area contributed by atoms with Crippen LogP contribution in [0.3, 0.4) is 0 Å². The molecule has 108 valence electrons. The third-order valence-electron chi connectivity index (χ3n) is 3.97. The molecule has 0 aliphatic carbocycles. The summed E-state index contributed by atoms with van der Waals surface area (Å²) in [6.45, 7) is 6.77. The molecular formula is C19H17N3. The maximum Gasteiger partial charge on any atom is 0.0907 e. The van der Waals surface area contributed by atoms with E-state index in [9.17, 15) is 0 Å². The molecule has 0 atom stereocenters. The van der Waals surface area contributed by atoms with Gasteiger partial charge in [0.1, 0.15) is 0 Å². The molecule has 2 N–H and O–H groups in total. The number of benzene rings is 2. The molecule has 3 heteroatoms. The molecular weight excluding hydrogens is 270 g/mol. The van der Waals surface area contributed by atoms with Crippen molar-refractivity contribution in [3.63, 3.8) is 0 Å². The fourth-order valence-corrected chi connectivity index (χ4v) is 2.91. The molecule has 0 saturated carbocycles. The van der Waals surface area contributed by atoms with Gasteiger partial charge in [-0.25, -0.2) is 0 Å². The molecule has 1 aromatic heterocycles. The standard InChI is InChI=1S/C19H17N3/c1-12-8-9-16-15(10-12)18-19(22-16)17(20-11-13(2)21-18)14-6-4-3-5-7-14/h3-10,21-22H,2,11H2,1H3. The first-order valence-corrected chi connectivity index (χ1v) is 7.40. The van der Waals surface area contributed by atoms with Crippen molar-refractivity contribution >= 4 is 22.3 Å². The highest BCUT2D eigenvalue weighted by molar-refractivity contribution is 6.19. The van der Waals surface area contributed by atoms with Gasteiger partial charge in [0.25, 0.3) is 0 Å². The largest absolute Gasteiger partial charge is 0.356 e. The zero-order chi connectivity index (χ0) is 15.1. The third kappa shape index (κ3) is 2.02. The van der Waals surface area contributed by atoms with E-state index in [4.69, 9.17) is 4.99 Å². The van der Waals surface area contributed by atoms with Crippen molar-refractivity contribution in [1.29, 1.82) is 0 Å². The van der Waals surface area contributed by atoms with Crippen molar-refractivity contribution in [3.05, 3.63) is 77.6 Å². The lowest BCUT2D eigenvalue weighted by molar-refractivity contribution is 1.16. The quantitative estimate of drug-likeness (QED) is 0.690. The Morgan fingerprint density at radius 2 is 1.91 bits per heavy atom. The van der Waals surface area contributed by atoms with Gasteiger partial charge < -0.3 is 10.3 Å². The van der Waals surface area contributed by atoms with E-state index in [0.717, 1.165) is 33.9 Å². The van der Waals surface area contributed by atoms with Crippen LogP contribution in [-0.4, -0.2) is 17.2 Å². The molecule has 2 aromatic carbocycles. The van der Waals surface area contributed by atoms with Gasteiger partial charge in [0.05, 0.1) is 23.6 Å². The molecule has 3 nitrogen and oxygen atoms in total. The van der Waals surface area contributed by atoms with Crippen LogP contribution in [0.5, 0.6) is 0 Å². The zero-order valence-electron chi connectivity index (χ0n) is 12.5. The second-order valence-corrected chi connectivity index (χ2v) is 5.68. The first-order valence-electron chi connectivity index (χ1n) is 7.40. The van der Waals surface area contributed by atoms with E-state index < -0.39 is 0 Å². The van der Waals surface area contributed by atoms with Gasteiger partial charge in [0.15, 0.2) is 0 Å². The van der Waals surface area contributed by atoms with Crippen molar-refractivity contribution in [2.24, 2.45) is 4.99 Å². The number of aromatic amines is 1. The van der Waals surface area contributed by atoms with Gasteiger partial charge in [0.2, 0.25) is 0 Å². The van der Waals surface area contributed by atoms with Gasteiger partial charge in [0, 0.05) is 22.2 Å². The Bertz CT molecular complexity index is 901. The summed E-state index contributed by atoms with van der Waals surface area (Å²) < 4.78 is 0. The van der Waals surface area contributed by atoms with E-state index in [0.29, 0.717) is 6.54 Å². The topological polar surface area (TPSA) is 40.2 Å². The number of aromatic nitrogens is 1. The van der Waals surface area contributed by atoms with Crippen LogP contribution in [0, 0.1) is 6.92 Å². The van der Waals surface area contributed by atoms with Crippen LogP contribution in [0.1, 0.15) is 16.8 Å². The van der Waals surface area contributed by atoms with Gasteiger partial charge in [-0.2, -0.15) is 0 Å². The van der Waals surface area contributed by atoms with Crippen molar-refractivity contribution in [2.45, 2.75) is 6.92 Å². The minimum atomic E-state index is 0.583. The summed E-state index contributed by atoms with van der Waals surface area (Å²) in [7, 11) is 0. The summed E-state index contributed by atoms with van der Waals surface area (Å²) in [4.78, 5) is 8.27. The first kappa shape index (κ1) is 12.9. The van der Waals surface area contributed by atoms with E-state index in [1.165, 1.54) is 10.9 Å². The number of aliphatic imine (C=N–C) groups is 1. The number of hydrogen-bond acceptors (Lipinski definition) is 2. The molecule has 1 aliphatic heterocycles. The molecule has 1 aliphatic rings. The van der Waals surface area contributed by atoms with Crippen LogP contribution in [-0.2, 0) is 0 Å². The molecule has 0 saturated heterocycles. The summed E-state index contributed by atoms with van der Waals surface area (Å²) in [5.41, 5.74) is 7.47. The number of aryl methyl sites for hydroxylation is 1. The van der Waals surface area contributed by atoms with Crippen LogP contribution in [0.4, 0.5) is 5.69 Å². The SMILES string of the molecule is C=C1CN=C(c2ccccc2)c2[nH]c3ccc(C)cc3c2N1. The van der Waals surface area contributed by atoms with Gasteiger partial charge in [-0.1, -0.05) is 48.5 Å². The number of nitrogens with zero attached hydrogens (tertiary/aromatic N) is 1. The predicted octanol–water partition coefficient (Wildman–Crippen LogP) is 4.25. The number of fused-ring (bicyclic) bond motifs is 3. The van der Waals surface area contributed by atoms with Gasteiger partial charge >= 0.3 is 0 Å². The van der Waals surface area contributed by atoms with Crippen LogP contribution < -0.4 is 5.32 Å². The van der Waals surface area contributed by atoms with Crippen LogP contribution >= 0.6 is 0 Å². The molecule has 0 fully saturated rings. The number of H-pyrrole nitrogens is 1. The minimum absolute atomic E-state index is 0.583. The van der Waals surface area contributed by atoms with Gasteiger partial charge in [-0.3, -0.25) is 4.99 Å². The predicted molar refractivity (Wildman–Crippen MR) is 92.7 cm³/mol. The summed E-state index contributed by atoms with van der Waals surface area (Å²) >= 11 is 0. The molecule has 0 radical (unpaired) electrons. The van der Waals surface area contributed by atoms with E-state index in [1.807, 2.05) is 18.2 Å². The van der Waals surface area contributed by atoms with Crippen LogP contribution in [0.15, 0.2) is 65.8 Å². The lowest BCUT2D eigenvalue weighted by atomic mass is 10.1. The first-order chi connectivity index (χ1) is 10.7. The Morgan fingerprint density at radius 3 is 2.73 bits per heavy atom. The molecule has 4 rings (SSSR count). The minimum Gasteiger partial charge on any atom is -0.356 e. The van der Waals surface area contributed by atoms with Gasteiger partial charge in [-0.15, -0.1) is 0 Å². The highest BCUT2D eigenvalue weighted by Gasteiger charge is 2.20. The summed E-state index contributed by atoms with van der Waals surface area (Å²) in [6.07, 6.45) is 0. The second-order valence-electron chi connectivity index (χ2n) is 5.68. The van der Waals surface area contributed by atoms with Gasteiger partial charge in [-0.05, 0) is 19.1 Å². The Kier molecular flexibility index (Phi) is 2.86. The summed E-state index contributed by atoms with van der Waals surface area (Å²) in [6, 6.07) is 16.7. The van der Waals surface area contributed by atoms with E-state index in [2.05, 4.69) is 54.1 Å². The molecule has 2 heterocycles. The average Bonchev–Trinajstić information content (AvgIpc) is 2.77. The molecule has 0 bridgehead atoms. The fourth-order valence-electron chi connectivity index (χ4n) is 2.91. The van der Waals surface area contributed by atoms with E-state index in [-0.39, 0.29) is 0 Å². The second kappa shape index (κ2) is 4.88. The molecule has 22 heavy (non-hydrogen) atoms. The Morgan fingerprint density at radius 1 is 1.09 bits per heavy atom. The number of rotatable bonds is 1. The average molecular weight is 287 g/mol. The Hall–Kier alpha value is -2.81. The van der Waals surface area contributed by atoms with Crippen molar-refractivity contribution in [3.8, 4) is 0 Å². The van der Waals surface area contributed by atoms with Crippen molar-refractivity contribution in [1.82, 2.24) is 4.98 Å². The highest BCUT2D eigenvalue weighted by Crippen LogP contribution is 2.33. The molecule has 0 amide bonds. The van der Waals surface area contributed by atoms with Crippen molar-refractivity contribution < 1.29 is 0 Å². The van der Waals surface area contributed by atoms with E-state index >= 15 is 0 Å². The molecule has 0 unspecified atom stereocenters. The highest BCUT2D eigenvalue weighted by atomic mass is 15.0. The maximum absolute atomic E-state index is 4.76. The monoisotopic (exact) mass is 287 g/mol. The normalized spacial score (nSPS) is 14.2. The Labute approximate surface area is 129 Å². The third-order valence-corrected chi connectivity index (χ3v) is 3.97. The lowest BCUT2D eigenvalue weighted by Gasteiger charge is -2.06. The van der Waals surface area contributed by atoms with Crippen molar-refractivity contribution in [2.75, 3.05) is 11.9 Å². The zero-order valence-corrected chi connectivity index (χ0v) is 12.5. The Balaban J connectivity index is 2.00. The lowest BCUT2D eigenvalue weighted by Crippen LogP contribution is -2.04. The smallest absolute Gasteiger partial charge is 0.0907 e. The number of anilines is 1. The number of hydrogen-bond donors (Lipinski definition) is 2. The molecule has 3 aromatic rings. The molecule has 0 spiro atoms. The maximum atomic E-state index is 4.76. The summed E-state index contributed by atoms with van der Waals surface area (Å²) in [5.74, 6) is 0. The van der Waals surface area contributed by atoms with E-state index in [1.54, 1.807) is 0 Å². The number of nitrogens with one attached hydrogen (secondary N) is 2.